The van der Waals surface area contributed by atoms with E-state index in [-0.39, 0.29) is 42.1 Å². The van der Waals surface area contributed by atoms with Gasteiger partial charge in [0.25, 0.3) is 0 Å². The lowest BCUT2D eigenvalue weighted by molar-refractivity contribution is -0.191. The molecule has 0 amide bonds. The number of ether oxygens (including phenoxy) is 5. The van der Waals surface area contributed by atoms with Crippen molar-refractivity contribution in [1.82, 2.24) is 0 Å². The quantitative estimate of drug-likeness (QED) is 0.582. The van der Waals surface area contributed by atoms with Gasteiger partial charge in [0.05, 0.1) is 37.9 Å². The average molecular weight is 397 g/mol. The van der Waals surface area contributed by atoms with Crippen LogP contribution in [0.5, 0.6) is 0 Å². The molecular formula is C22H36O6. The van der Waals surface area contributed by atoms with E-state index in [9.17, 15) is 4.79 Å². The van der Waals surface area contributed by atoms with Crippen LogP contribution in [0.15, 0.2) is 0 Å². The predicted octanol–water partition coefficient (Wildman–Crippen LogP) is 3.75. The lowest BCUT2D eigenvalue weighted by Gasteiger charge is -2.35. The highest BCUT2D eigenvalue weighted by molar-refractivity contribution is 5.73. The molecule has 0 aromatic carbocycles. The number of unbranched alkanes of at least 4 members (excludes halogenated alkanes) is 1. The lowest BCUT2D eigenvalue weighted by atomic mass is 9.85. The summed E-state index contributed by atoms with van der Waals surface area (Å²) in [7, 11) is 0. The summed E-state index contributed by atoms with van der Waals surface area (Å²) in [4.78, 5) is 12.1. The fraction of sp³-hybridized carbons (Fsp3) is 0.955. The highest BCUT2D eigenvalue weighted by atomic mass is 16.7. The largest absolute Gasteiger partial charge is 0.459 e. The normalized spacial score (nSPS) is 41.0. The van der Waals surface area contributed by atoms with Gasteiger partial charge in [0.1, 0.15) is 5.60 Å². The van der Waals surface area contributed by atoms with Crippen LogP contribution in [0.4, 0.5) is 0 Å². The van der Waals surface area contributed by atoms with E-state index in [0.29, 0.717) is 19.6 Å². The third-order valence-electron chi connectivity index (χ3n) is 6.93. The molecule has 6 heteroatoms. The van der Waals surface area contributed by atoms with Crippen molar-refractivity contribution >= 4 is 5.97 Å². The van der Waals surface area contributed by atoms with Gasteiger partial charge in [0.15, 0.2) is 6.29 Å². The summed E-state index contributed by atoms with van der Waals surface area (Å²) in [5.74, 6) is 0.202. The Balaban J connectivity index is 1.34. The standard InChI is InChI=1S/C22H36O6/c1-2-3-6-18-19(25-12-11-24-18)8-9-22-15-17(13-16(22)14-20(23)28-22)27-21-7-4-5-10-26-21/h16-19,21H,2-15H2,1H3. The second-order valence-corrected chi connectivity index (χ2v) is 8.93. The van der Waals surface area contributed by atoms with Crippen LogP contribution in [0.2, 0.25) is 0 Å². The first kappa shape index (κ1) is 20.6. The van der Waals surface area contributed by atoms with Crippen LogP contribution in [0, 0.1) is 5.92 Å². The van der Waals surface area contributed by atoms with Crippen molar-refractivity contribution in [1.29, 1.82) is 0 Å². The van der Waals surface area contributed by atoms with Crippen molar-refractivity contribution in [2.24, 2.45) is 5.92 Å². The van der Waals surface area contributed by atoms with Crippen LogP contribution in [-0.4, -0.2) is 56.0 Å². The maximum absolute atomic E-state index is 12.1. The van der Waals surface area contributed by atoms with Crippen LogP contribution >= 0.6 is 0 Å². The molecule has 160 valence electrons. The second kappa shape index (κ2) is 9.41. The molecule has 0 N–H and O–H groups in total. The van der Waals surface area contributed by atoms with E-state index in [0.717, 1.165) is 58.0 Å². The maximum atomic E-state index is 12.1. The third-order valence-corrected chi connectivity index (χ3v) is 6.93. The SMILES string of the molecule is CCCCC1OCCOC1CCC12CC(OC3CCCCO3)CC1CC(=O)O2. The molecule has 6 nitrogen and oxygen atoms in total. The Bertz CT molecular complexity index is 519. The summed E-state index contributed by atoms with van der Waals surface area (Å²) in [5, 5.41) is 0. The lowest BCUT2D eigenvalue weighted by Crippen LogP contribution is -2.41. The molecule has 6 unspecified atom stereocenters. The zero-order chi connectivity index (χ0) is 19.4. The average Bonchev–Trinajstić information content (AvgIpc) is 3.17. The highest BCUT2D eigenvalue weighted by Gasteiger charge is 2.56. The van der Waals surface area contributed by atoms with E-state index in [4.69, 9.17) is 23.7 Å². The van der Waals surface area contributed by atoms with Crippen LogP contribution in [0.25, 0.3) is 0 Å². The minimum Gasteiger partial charge on any atom is -0.459 e. The van der Waals surface area contributed by atoms with Crippen molar-refractivity contribution in [3.05, 3.63) is 0 Å². The van der Waals surface area contributed by atoms with E-state index in [1.807, 2.05) is 0 Å². The number of carbonyl (C=O) groups excluding carboxylic acids is 1. The molecule has 3 heterocycles. The monoisotopic (exact) mass is 396 g/mol. The molecule has 0 spiro atoms. The zero-order valence-electron chi connectivity index (χ0n) is 17.2. The van der Waals surface area contributed by atoms with Crippen LogP contribution < -0.4 is 0 Å². The van der Waals surface area contributed by atoms with Crippen LogP contribution in [0.1, 0.15) is 77.6 Å². The Morgan fingerprint density at radius 3 is 2.64 bits per heavy atom. The number of hydrogen-bond donors (Lipinski definition) is 0. The first-order chi connectivity index (χ1) is 13.7. The number of fused-ring (bicyclic) bond motifs is 1. The number of carbonyl (C=O) groups is 1. The van der Waals surface area contributed by atoms with Gasteiger partial charge in [-0.05, 0) is 44.9 Å². The fourth-order valence-corrected chi connectivity index (χ4v) is 5.47. The topological polar surface area (TPSA) is 63.2 Å². The van der Waals surface area contributed by atoms with Crippen molar-refractivity contribution in [2.45, 2.75) is 108 Å². The third kappa shape index (κ3) is 4.72. The molecule has 0 bridgehead atoms. The molecule has 3 saturated heterocycles. The molecule has 28 heavy (non-hydrogen) atoms. The molecule has 1 aliphatic carbocycles. The Morgan fingerprint density at radius 1 is 1.07 bits per heavy atom. The van der Waals surface area contributed by atoms with Gasteiger partial charge >= 0.3 is 5.97 Å². The molecule has 0 aromatic heterocycles. The van der Waals surface area contributed by atoms with E-state index in [2.05, 4.69) is 6.92 Å². The molecular weight excluding hydrogens is 360 g/mol. The Labute approximate surface area is 168 Å². The maximum Gasteiger partial charge on any atom is 0.306 e. The van der Waals surface area contributed by atoms with E-state index >= 15 is 0 Å². The molecule has 1 saturated carbocycles. The minimum atomic E-state index is -0.382. The molecule has 0 aromatic rings. The first-order valence-electron chi connectivity index (χ1n) is 11.4. The summed E-state index contributed by atoms with van der Waals surface area (Å²) in [6, 6.07) is 0. The van der Waals surface area contributed by atoms with E-state index in [1.165, 1.54) is 12.8 Å². The van der Waals surface area contributed by atoms with Crippen molar-refractivity contribution in [2.75, 3.05) is 19.8 Å². The van der Waals surface area contributed by atoms with Gasteiger partial charge in [0, 0.05) is 18.9 Å². The zero-order valence-corrected chi connectivity index (χ0v) is 17.2. The van der Waals surface area contributed by atoms with Gasteiger partial charge < -0.3 is 23.7 Å². The summed E-state index contributed by atoms with van der Waals surface area (Å²) >= 11 is 0. The molecule has 4 rings (SSSR count). The molecule has 4 aliphatic rings. The number of esters is 1. The molecule has 0 radical (unpaired) electrons. The van der Waals surface area contributed by atoms with Gasteiger partial charge in [-0.25, -0.2) is 0 Å². The van der Waals surface area contributed by atoms with Crippen molar-refractivity contribution in [3.8, 4) is 0 Å². The smallest absolute Gasteiger partial charge is 0.306 e. The first-order valence-corrected chi connectivity index (χ1v) is 11.4. The van der Waals surface area contributed by atoms with Crippen LogP contribution in [0.3, 0.4) is 0 Å². The molecule has 4 fully saturated rings. The molecule has 3 aliphatic heterocycles. The Hall–Kier alpha value is -0.690. The summed E-state index contributed by atoms with van der Waals surface area (Å²) in [6.07, 6.45) is 10.9. The van der Waals surface area contributed by atoms with Crippen molar-refractivity contribution in [3.63, 3.8) is 0 Å². The van der Waals surface area contributed by atoms with Gasteiger partial charge in [-0.2, -0.15) is 0 Å². The minimum absolute atomic E-state index is 0.0549. The fourth-order valence-electron chi connectivity index (χ4n) is 5.47. The van der Waals surface area contributed by atoms with E-state index < -0.39 is 0 Å². The van der Waals surface area contributed by atoms with Gasteiger partial charge in [-0.15, -0.1) is 0 Å². The van der Waals surface area contributed by atoms with E-state index in [1.54, 1.807) is 0 Å². The van der Waals surface area contributed by atoms with Gasteiger partial charge in [-0.1, -0.05) is 19.8 Å². The summed E-state index contributed by atoms with van der Waals surface area (Å²) in [5.41, 5.74) is -0.382. The van der Waals surface area contributed by atoms with Crippen LogP contribution in [-0.2, 0) is 28.5 Å². The Morgan fingerprint density at radius 2 is 1.89 bits per heavy atom. The molecule has 6 atom stereocenters. The van der Waals surface area contributed by atoms with Gasteiger partial charge in [0.2, 0.25) is 0 Å². The van der Waals surface area contributed by atoms with Crippen molar-refractivity contribution < 1.29 is 28.5 Å². The van der Waals surface area contributed by atoms with Gasteiger partial charge in [-0.3, -0.25) is 4.79 Å². The highest BCUT2D eigenvalue weighted by Crippen LogP contribution is 2.50. The summed E-state index contributed by atoms with van der Waals surface area (Å²) in [6.45, 7) is 4.34. The number of hydrogen-bond acceptors (Lipinski definition) is 6. The second-order valence-electron chi connectivity index (χ2n) is 8.93. The summed E-state index contributed by atoms with van der Waals surface area (Å²) < 4.78 is 30.0. The Kier molecular flexibility index (Phi) is 6.92. The number of rotatable bonds is 8. The predicted molar refractivity (Wildman–Crippen MR) is 103 cm³/mol.